The number of rotatable bonds is 6. The summed E-state index contributed by atoms with van der Waals surface area (Å²) in [6.45, 7) is 2.22. The van der Waals surface area contributed by atoms with Crippen molar-refractivity contribution in [2.75, 3.05) is 6.61 Å². The highest BCUT2D eigenvalue weighted by atomic mass is 19.1. The Bertz CT molecular complexity index is 305. The molecule has 0 aliphatic carbocycles. The van der Waals surface area contributed by atoms with Gasteiger partial charge in [0, 0.05) is 11.8 Å². The van der Waals surface area contributed by atoms with Gasteiger partial charge in [-0.1, -0.05) is 19.8 Å². The van der Waals surface area contributed by atoms with E-state index < -0.39 is 5.82 Å². The first-order valence-corrected chi connectivity index (χ1v) is 5.16. The molecule has 1 aromatic rings. The van der Waals surface area contributed by atoms with Crippen LogP contribution < -0.4 is 4.74 Å². The number of hydrogen-bond acceptors (Lipinski definition) is 3. The quantitative estimate of drug-likeness (QED) is 0.737. The number of nitrogens with zero attached hydrogens (tertiary/aromatic N) is 1. The highest BCUT2D eigenvalue weighted by molar-refractivity contribution is 5.22. The number of ether oxygens (including phenoxy) is 1. The summed E-state index contributed by atoms with van der Waals surface area (Å²) in [5, 5.41) is 8.83. The van der Waals surface area contributed by atoms with Gasteiger partial charge < -0.3 is 9.84 Å². The lowest BCUT2D eigenvalue weighted by atomic mass is 10.2. The molecule has 1 aromatic heterocycles. The average Bonchev–Trinajstić information content (AvgIpc) is 2.26. The molecular weight excluding hydrogens is 197 g/mol. The molecule has 84 valence electrons. The fourth-order valence-corrected chi connectivity index (χ4v) is 1.21. The van der Waals surface area contributed by atoms with Gasteiger partial charge in [-0.05, 0) is 12.5 Å². The van der Waals surface area contributed by atoms with Crippen LogP contribution in [0.15, 0.2) is 12.3 Å². The predicted octanol–water partition coefficient (Wildman–Crippen LogP) is 2.28. The van der Waals surface area contributed by atoms with E-state index >= 15 is 0 Å². The third-order valence-electron chi connectivity index (χ3n) is 2.09. The van der Waals surface area contributed by atoms with Crippen molar-refractivity contribution < 1.29 is 14.2 Å². The van der Waals surface area contributed by atoms with Crippen LogP contribution in [0, 0.1) is 5.82 Å². The predicted molar refractivity (Wildman–Crippen MR) is 55.1 cm³/mol. The third kappa shape index (κ3) is 3.47. The van der Waals surface area contributed by atoms with Crippen LogP contribution in [0.4, 0.5) is 4.39 Å². The van der Waals surface area contributed by atoms with E-state index in [1.165, 1.54) is 12.3 Å². The summed E-state index contributed by atoms with van der Waals surface area (Å²) in [5.41, 5.74) is 0.218. The van der Waals surface area contributed by atoms with Gasteiger partial charge in [0.1, 0.15) is 0 Å². The summed E-state index contributed by atoms with van der Waals surface area (Å²) in [6, 6.07) is 1.44. The van der Waals surface area contributed by atoms with Gasteiger partial charge in [-0.25, -0.2) is 9.37 Å². The van der Waals surface area contributed by atoms with Crippen molar-refractivity contribution in [1.29, 1.82) is 0 Å². The molecule has 1 N–H and O–H groups in total. The summed E-state index contributed by atoms with van der Waals surface area (Å²) in [7, 11) is 0. The van der Waals surface area contributed by atoms with E-state index in [0.717, 1.165) is 19.3 Å². The molecule has 3 nitrogen and oxygen atoms in total. The molecule has 0 bridgehead atoms. The topological polar surface area (TPSA) is 42.4 Å². The Morgan fingerprint density at radius 1 is 1.47 bits per heavy atom. The van der Waals surface area contributed by atoms with Crippen molar-refractivity contribution in [3.05, 3.63) is 23.6 Å². The highest BCUT2D eigenvalue weighted by Crippen LogP contribution is 2.17. The summed E-state index contributed by atoms with van der Waals surface area (Å²) in [4.78, 5) is 3.78. The van der Waals surface area contributed by atoms with E-state index in [-0.39, 0.29) is 18.1 Å². The van der Waals surface area contributed by atoms with E-state index in [4.69, 9.17) is 9.84 Å². The molecule has 1 rings (SSSR count). The zero-order valence-electron chi connectivity index (χ0n) is 8.87. The molecule has 0 atom stereocenters. The van der Waals surface area contributed by atoms with Gasteiger partial charge in [-0.2, -0.15) is 0 Å². The highest BCUT2D eigenvalue weighted by Gasteiger charge is 2.09. The average molecular weight is 213 g/mol. The zero-order valence-corrected chi connectivity index (χ0v) is 8.87. The van der Waals surface area contributed by atoms with E-state index in [0.29, 0.717) is 6.61 Å². The van der Waals surface area contributed by atoms with Crippen LogP contribution in [0.5, 0.6) is 5.88 Å². The number of pyridine rings is 1. The Labute approximate surface area is 88.9 Å². The monoisotopic (exact) mass is 213 g/mol. The molecule has 0 unspecified atom stereocenters. The number of aromatic nitrogens is 1. The summed E-state index contributed by atoms with van der Waals surface area (Å²) in [5.74, 6) is -0.575. The molecule has 0 aromatic carbocycles. The van der Waals surface area contributed by atoms with E-state index in [9.17, 15) is 4.39 Å². The van der Waals surface area contributed by atoms with Gasteiger partial charge in [0.15, 0.2) is 5.82 Å². The third-order valence-corrected chi connectivity index (χ3v) is 2.09. The molecule has 0 saturated carbocycles. The van der Waals surface area contributed by atoms with Gasteiger partial charge in [0.25, 0.3) is 5.88 Å². The first-order valence-electron chi connectivity index (χ1n) is 5.16. The molecule has 0 fully saturated rings. The lowest BCUT2D eigenvalue weighted by Gasteiger charge is -2.07. The molecule has 15 heavy (non-hydrogen) atoms. The molecule has 0 radical (unpaired) electrons. The fraction of sp³-hybridized carbons (Fsp3) is 0.545. The van der Waals surface area contributed by atoms with E-state index in [1.54, 1.807) is 0 Å². The second-order valence-corrected chi connectivity index (χ2v) is 3.30. The molecule has 0 amide bonds. The van der Waals surface area contributed by atoms with Crippen LogP contribution in [0.3, 0.4) is 0 Å². The number of halogens is 1. The van der Waals surface area contributed by atoms with E-state index in [2.05, 4.69) is 11.9 Å². The molecule has 0 spiro atoms. The van der Waals surface area contributed by atoms with Gasteiger partial charge >= 0.3 is 0 Å². The minimum Gasteiger partial charge on any atom is -0.476 e. The number of unbranched alkanes of at least 4 members (excludes halogenated alkanes) is 2. The molecule has 0 saturated heterocycles. The van der Waals surface area contributed by atoms with Crippen LogP contribution in [-0.4, -0.2) is 16.7 Å². The maximum absolute atomic E-state index is 13.4. The van der Waals surface area contributed by atoms with Crippen molar-refractivity contribution in [3.8, 4) is 5.88 Å². The number of aliphatic hydroxyl groups is 1. The van der Waals surface area contributed by atoms with E-state index in [1.807, 2.05) is 0 Å². The largest absolute Gasteiger partial charge is 0.476 e. The molecule has 0 aliphatic rings. The van der Waals surface area contributed by atoms with Gasteiger partial charge in [0.2, 0.25) is 0 Å². The molecule has 1 heterocycles. The lowest BCUT2D eigenvalue weighted by molar-refractivity contribution is 0.258. The Morgan fingerprint density at radius 2 is 2.27 bits per heavy atom. The smallest absolute Gasteiger partial charge is 0.250 e. The minimum atomic E-state index is -0.559. The minimum absolute atomic E-state index is 0.0161. The zero-order chi connectivity index (χ0) is 11.1. The molecule has 0 aliphatic heterocycles. The van der Waals surface area contributed by atoms with Crippen LogP contribution in [0.2, 0.25) is 0 Å². The SMILES string of the molecule is CCCCCOc1nccc(CO)c1F. The van der Waals surface area contributed by atoms with Gasteiger partial charge in [-0.3, -0.25) is 0 Å². The Balaban J connectivity index is 2.53. The molecular formula is C11H16FNO2. The van der Waals surface area contributed by atoms with Gasteiger partial charge in [-0.15, -0.1) is 0 Å². The maximum Gasteiger partial charge on any atom is 0.250 e. The Hall–Kier alpha value is -1.16. The second kappa shape index (κ2) is 6.35. The summed E-state index contributed by atoms with van der Waals surface area (Å²) >= 11 is 0. The van der Waals surface area contributed by atoms with Crippen LogP contribution in [-0.2, 0) is 6.61 Å². The van der Waals surface area contributed by atoms with Gasteiger partial charge in [0.05, 0.1) is 13.2 Å². The first kappa shape index (κ1) is 11.9. The standard InChI is InChI=1S/C11H16FNO2/c1-2-3-4-7-15-11-10(12)9(8-14)5-6-13-11/h5-6,14H,2-4,7-8H2,1H3. The lowest BCUT2D eigenvalue weighted by Crippen LogP contribution is -2.03. The fourth-order valence-electron chi connectivity index (χ4n) is 1.21. The Kier molecular flexibility index (Phi) is 5.04. The van der Waals surface area contributed by atoms with Crippen molar-refractivity contribution in [3.63, 3.8) is 0 Å². The van der Waals surface area contributed by atoms with Crippen LogP contribution >= 0.6 is 0 Å². The summed E-state index contributed by atoms with van der Waals surface area (Å²) < 4.78 is 18.6. The van der Waals surface area contributed by atoms with Crippen LogP contribution in [0.25, 0.3) is 0 Å². The number of aliphatic hydroxyl groups excluding tert-OH is 1. The maximum atomic E-state index is 13.4. The normalized spacial score (nSPS) is 10.3. The van der Waals surface area contributed by atoms with Crippen molar-refractivity contribution >= 4 is 0 Å². The van der Waals surface area contributed by atoms with Crippen molar-refractivity contribution in [2.45, 2.75) is 32.8 Å². The number of hydrogen-bond donors (Lipinski definition) is 1. The second-order valence-electron chi connectivity index (χ2n) is 3.30. The van der Waals surface area contributed by atoms with Crippen molar-refractivity contribution in [1.82, 2.24) is 4.98 Å². The summed E-state index contributed by atoms with van der Waals surface area (Å²) in [6.07, 6.45) is 4.47. The van der Waals surface area contributed by atoms with Crippen LogP contribution in [0.1, 0.15) is 31.7 Å². The first-order chi connectivity index (χ1) is 7.29. The Morgan fingerprint density at radius 3 is 2.93 bits per heavy atom. The van der Waals surface area contributed by atoms with Crippen molar-refractivity contribution in [2.24, 2.45) is 0 Å². The molecule has 4 heteroatoms.